The molecule has 18 heavy (non-hydrogen) atoms. The van der Waals surface area contributed by atoms with Crippen LogP contribution >= 0.6 is 11.3 Å². The molecule has 0 atom stereocenters. The van der Waals surface area contributed by atoms with Crippen molar-refractivity contribution in [2.75, 3.05) is 0 Å². The van der Waals surface area contributed by atoms with E-state index in [2.05, 4.69) is 0 Å². The zero-order chi connectivity index (χ0) is 13.1. The van der Waals surface area contributed by atoms with Crippen molar-refractivity contribution in [3.63, 3.8) is 0 Å². The molecule has 0 amide bonds. The Bertz CT molecular complexity index is 595. The lowest BCUT2D eigenvalue weighted by molar-refractivity contribution is -0.131. The minimum Gasteiger partial charge on any atom is -0.478 e. The molecule has 1 N–H and O–H groups in total. The third-order valence-corrected chi connectivity index (χ3v) is 3.78. The second-order valence-electron chi connectivity index (χ2n) is 4.17. The fraction of sp³-hybridized carbons (Fsp3) is 0.133. The van der Waals surface area contributed by atoms with E-state index in [-0.39, 0.29) is 0 Å². The normalized spacial score (nSPS) is 11.6. The number of aliphatic carboxylic acids is 1. The zero-order valence-corrected chi connectivity index (χ0v) is 11.1. The van der Waals surface area contributed by atoms with Gasteiger partial charge in [-0.15, -0.1) is 11.3 Å². The van der Waals surface area contributed by atoms with E-state index in [1.807, 2.05) is 49.6 Å². The van der Waals surface area contributed by atoms with Crippen LogP contribution in [-0.2, 0) is 4.79 Å². The molecule has 0 aliphatic rings. The van der Waals surface area contributed by atoms with Crippen molar-refractivity contribution in [2.45, 2.75) is 13.8 Å². The van der Waals surface area contributed by atoms with Gasteiger partial charge in [0.15, 0.2) is 0 Å². The Morgan fingerprint density at radius 3 is 2.56 bits per heavy atom. The van der Waals surface area contributed by atoms with Gasteiger partial charge in [0.1, 0.15) is 0 Å². The Labute approximate surface area is 110 Å². The monoisotopic (exact) mass is 258 g/mol. The summed E-state index contributed by atoms with van der Waals surface area (Å²) in [7, 11) is 0. The van der Waals surface area contributed by atoms with E-state index in [0.717, 1.165) is 16.0 Å². The van der Waals surface area contributed by atoms with Crippen molar-refractivity contribution in [3.8, 4) is 0 Å². The highest BCUT2D eigenvalue weighted by molar-refractivity contribution is 7.11. The molecular formula is C15H14O2S. The number of thiophene rings is 1. The highest BCUT2D eigenvalue weighted by Crippen LogP contribution is 2.28. The second-order valence-corrected chi connectivity index (χ2v) is 5.12. The molecule has 0 saturated carbocycles. The van der Waals surface area contributed by atoms with Crippen molar-refractivity contribution < 1.29 is 9.90 Å². The Kier molecular flexibility index (Phi) is 3.63. The van der Waals surface area contributed by atoms with Gasteiger partial charge in [-0.3, -0.25) is 0 Å². The number of hydrogen-bond acceptors (Lipinski definition) is 2. The third-order valence-electron chi connectivity index (χ3n) is 2.87. The SMILES string of the molecule is Cc1ccc(/C(=C\C(=O)O)c2cccs2)cc1C. The van der Waals surface area contributed by atoms with Gasteiger partial charge in [-0.2, -0.15) is 0 Å². The summed E-state index contributed by atoms with van der Waals surface area (Å²) < 4.78 is 0. The zero-order valence-electron chi connectivity index (χ0n) is 10.3. The third kappa shape index (κ3) is 2.68. The van der Waals surface area contributed by atoms with Gasteiger partial charge >= 0.3 is 5.97 Å². The van der Waals surface area contributed by atoms with E-state index in [0.29, 0.717) is 0 Å². The average Bonchev–Trinajstić information content (AvgIpc) is 2.83. The van der Waals surface area contributed by atoms with Gasteiger partial charge < -0.3 is 5.11 Å². The average molecular weight is 258 g/mol. The van der Waals surface area contributed by atoms with Crippen LogP contribution in [0.15, 0.2) is 41.8 Å². The first-order chi connectivity index (χ1) is 8.58. The largest absolute Gasteiger partial charge is 0.478 e. The number of rotatable bonds is 3. The van der Waals surface area contributed by atoms with Gasteiger partial charge in [0.2, 0.25) is 0 Å². The first-order valence-electron chi connectivity index (χ1n) is 5.64. The molecule has 2 aromatic rings. The summed E-state index contributed by atoms with van der Waals surface area (Å²) in [5.74, 6) is -0.920. The predicted octanol–water partition coefficient (Wildman–Crippen LogP) is 3.88. The fourth-order valence-corrected chi connectivity index (χ4v) is 2.53. The standard InChI is InChI=1S/C15H14O2S/c1-10-5-6-12(8-11(10)2)13(9-15(16)17)14-4-3-7-18-14/h3-9H,1-2H3,(H,16,17)/b13-9+. The molecule has 0 bridgehead atoms. The Hall–Kier alpha value is -1.87. The number of carbonyl (C=O) groups is 1. The highest BCUT2D eigenvalue weighted by atomic mass is 32.1. The van der Waals surface area contributed by atoms with Crippen molar-refractivity contribution in [3.05, 3.63) is 63.4 Å². The molecule has 92 valence electrons. The van der Waals surface area contributed by atoms with E-state index >= 15 is 0 Å². The van der Waals surface area contributed by atoms with Crippen LogP contribution in [0.4, 0.5) is 0 Å². The number of aryl methyl sites for hydroxylation is 2. The fourth-order valence-electron chi connectivity index (χ4n) is 1.76. The lowest BCUT2D eigenvalue weighted by Crippen LogP contribution is -1.94. The van der Waals surface area contributed by atoms with Crippen molar-refractivity contribution in [1.82, 2.24) is 0 Å². The quantitative estimate of drug-likeness (QED) is 0.848. The van der Waals surface area contributed by atoms with Crippen molar-refractivity contribution in [2.24, 2.45) is 0 Å². The molecule has 0 aliphatic carbocycles. The molecule has 1 aromatic carbocycles. The molecule has 0 saturated heterocycles. The summed E-state index contributed by atoms with van der Waals surface area (Å²) in [6.45, 7) is 4.08. The Morgan fingerprint density at radius 1 is 1.22 bits per heavy atom. The lowest BCUT2D eigenvalue weighted by Gasteiger charge is -2.08. The highest BCUT2D eigenvalue weighted by Gasteiger charge is 2.09. The first-order valence-corrected chi connectivity index (χ1v) is 6.52. The van der Waals surface area contributed by atoms with Crippen LogP contribution < -0.4 is 0 Å². The number of carboxylic acids is 1. The summed E-state index contributed by atoms with van der Waals surface area (Å²) in [6, 6.07) is 9.89. The summed E-state index contributed by atoms with van der Waals surface area (Å²) in [4.78, 5) is 11.9. The maximum atomic E-state index is 11.0. The van der Waals surface area contributed by atoms with Crippen LogP contribution in [0.5, 0.6) is 0 Å². The van der Waals surface area contributed by atoms with E-state index in [1.54, 1.807) is 11.3 Å². The Balaban J connectivity index is 2.54. The maximum absolute atomic E-state index is 11.0. The summed E-state index contributed by atoms with van der Waals surface area (Å²) in [5.41, 5.74) is 4.09. The van der Waals surface area contributed by atoms with Crippen LogP contribution in [0, 0.1) is 13.8 Å². The second kappa shape index (κ2) is 5.19. The molecule has 2 nitrogen and oxygen atoms in total. The molecule has 1 aromatic heterocycles. The molecular weight excluding hydrogens is 244 g/mol. The topological polar surface area (TPSA) is 37.3 Å². The van der Waals surface area contributed by atoms with Gasteiger partial charge in [0.05, 0.1) is 0 Å². The van der Waals surface area contributed by atoms with Crippen LogP contribution in [0.25, 0.3) is 5.57 Å². The molecule has 0 unspecified atom stereocenters. The van der Waals surface area contributed by atoms with Crippen LogP contribution in [0.3, 0.4) is 0 Å². The minimum absolute atomic E-state index is 0.764. The number of hydrogen-bond donors (Lipinski definition) is 1. The molecule has 0 aliphatic heterocycles. The minimum atomic E-state index is -0.920. The predicted molar refractivity (Wildman–Crippen MR) is 74.9 cm³/mol. The number of benzene rings is 1. The molecule has 3 heteroatoms. The number of carboxylic acid groups (broad SMARTS) is 1. The first kappa shape index (κ1) is 12.6. The summed E-state index contributed by atoms with van der Waals surface area (Å²) in [5, 5.41) is 10.9. The smallest absolute Gasteiger partial charge is 0.328 e. The van der Waals surface area contributed by atoms with Crippen molar-refractivity contribution in [1.29, 1.82) is 0 Å². The van der Waals surface area contributed by atoms with E-state index < -0.39 is 5.97 Å². The molecule has 0 radical (unpaired) electrons. The maximum Gasteiger partial charge on any atom is 0.328 e. The van der Waals surface area contributed by atoms with E-state index in [1.165, 1.54) is 17.2 Å². The van der Waals surface area contributed by atoms with Gasteiger partial charge in [-0.25, -0.2) is 4.79 Å². The molecule has 2 rings (SSSR count). The lowest BCUT2D eigenvalue weighted by atomic mass is 9.99. The van der Waals surface area contributed by atoms with Gasteiger partial charge in [-0.05, 0) is 42.0 Å². The van der Waals surface area contributed by atoms with Gasteiger partial charge in [0.25, 0.3) is 0 Å². The summed E-state index contributed by atoms with van der Waals surface area (Å²) in [6.07, 6.45) is 1.27. The van der Waals surface area contributed by atoms with Gasteiger partial charge in [0, 0.05) is 16.5 Å². The van der Waals surface area contributed by atoms with E-state index in [4.69, 9.17) is 5.11 Å². The van der Waals surface area contributed by atoms with Crippen LogP contribution in [0.2, 0.25) is 0 Å². The van der Waals surface area contributed by atoms with Gasteiger partial charge in [-0.1, -0.05) is 24.3 Å². The molecule has 0 spiro atoms. The molecule has 0 fully saturated rings. The van der Waals surface area contributed by atoms with Crippen LogP contribution in [0.1, 0.15) is 21.6 Å². The van der Waals surface area contributed by atoms with E-state index in [9.17, 15) is 4.79 Å². The summed E-state index contributed by atoms with van der Waals surface area (Å²) >= 11 is 1.55. The molecule has 1 heterocycles. The van der Waals surface area contributed by atoms with Crippen LogP contribution in [-0.4, -0.2) is 11.1 Å². The van der Waals surface area contributed by atoms with Crippen molar-refractivity contribution >= 4 is 22.9 Å². The Morgan fingerprint density at radius 2 is 2.00 bits per heavy atom.